The monoisotopic (exact) mass is 362 g/mol. The van der Waals surface area contributed by atoms with Crippen LogP contribution in [0.1, 0.15) is 0 Å². The number of thioether (sulfide) groups is 1. The van der Waals surface area contributed by atoms with Gasteiger partial charge < -0.3 is 10.0 Å². The van der Waals surface area contributed by atoms with Crippen LogP contribution in [0.15, 0.2) is 59.5 Å². The van der Waals surface area contributed by atoms with Crippen molar-refractivity contribution in [3.05, 3.63) is 59.6 Å². The molecular formula is C19H23ClN2OS. The summed E-state index contributed by atoms with van der Waals surface area (Å²) < 4.78 is 0. The Balaban J connectivity index is 1.43. The molecule has 0 radical (unpaired) electrons. The van der Waals surface area contributed by atoms with Crippen LogP contribution < -0.4 is 4.90 Å². The highest BCUT2D eigenvalue weighted by Crippen LogP contribution is 2.26. The van der Waals surface area contributed by atoms with Crippen molar-refractivity contribution in [3.8, 4) is 0 Å². The molecule has 3 rings (SSSR count). The first-order valence-electron chi connectivity index (χ1n) is 8.30. The second kappa shape index (κ2) is 8.77. The molecule has 0 bridgehead atoms. The number of hydrogen-bond acceptors (Lipinski definition) is 4. The molecule has 1 heterocycles. The fourth-order valence-corrected chi connectivity index (χ4v) is 4.03. The second-order valence-corrected chi connectivity index (χ2v) is 7.52. The topological polar surface area (TPSA) is 26.7 Å². The van der Waals surface area contributed by atoms with Crippen LogP contribution in [0.2, 0.25) is 5.02 Å². The van der Waals surface area contributed by atoms with E-state index < -0.39 is 0 Å². The van der Waals surface area contributed by atoms with Crippen LogP contribution in [-0.2, 0) is 0 Å². The predicted molar refractivity (Wildman–Crippen MR) is 103 cm³/mol. The summed E-state index contributed by atoms with van der Waals surface area (Å²) in [6, 6.07) is 18.2. The van der Waals surface area contributed by atoms with E-state index in [1.807, 2.05) is 36.4 Å². The van der Waals surface area contributed by atoms with Crippen LogP contribution in [0.5, 0.6) is 0 Å². The summed E-state index contributed by atoms with van der Waals surface area (Å²) in [5.41, 5.74) is 1.11. The van der Waals surface area contributed by atoms with Crippen LogP contribution >= 0.6 is 23.4 Å². The van der Waals surface area contributed by atoms with Gasteiger partial charge in [-0.15, -0.1) is 11.8 Å². The second-order valence-electron chi connectivity index (χ2n) is 6.02. The number of hydrogen-bond donors (Lipinski definition) is 1. The highest BCUT2D eigenvalue weighted by atomic mass is 35.5. The average Bonchev–Trinajstić information content (AvgIpc) is 2.62. The lowest BCUT2D eigenvalue weighted by Gasteiger charge is -2.37. The predicted octanol–water partition coefficient (Wildman–Crippen LogP) is 3.62. The molecule has 2 aromatic rings. The molecule has 0 unspecified atom stereocenters. The van der Waals surface area contributed by atoms with Gasteiger partial charge in [-0.2, -0.15) is 0 Å². The highest BCUT2D eigenvalue weighted by Gasteiger charge is 2.20. The molecule has 1 saturated heterocycles. The minimum Gasteiger partial charge on any atom is -0.391 e. The van der Waals surface area contributed by atoms with Gasteiger partial charge in [0.1, 0.15) is 0 Å². The molecule has 0 aromatic heterocycles. The maximum absolute atomic E-state index is 10.3. The number of aliphatic hydroxyl groups is 1. The van der Waals surface area contributed by atoms with Crippen molar-refractivity contribution in [1.29, 1.82) is 0 Å². The lowest BCUT2D eigenvalue weighted by atomic mass is 10.2. The van der Waals surface area contributed by atoms with E-state index in [1.165, 1.54) is 4.90 Å². The van der Waals surface area contributed by atoms with Crippen molar-refractivity contribution in [2.75, 3.05) is 43.4 Å². The van der Waals surface area contributed by atoms with Crippen molar-refractivity contribution < 1.29 is 5.11 Å². The van der Waals surface area contributed by atoms with E-state index in [4.69, 9.17) is 11.6 Å². The number of rotatable bonds is 6. The first-order chi connectivity index (χ1) is 11.7. The SMILES string of the molecule is O[C@H](CSc1ccccc1)CN1CCN(c2ccccc2Cl)CC1. The summed E-state index contributed by atoms with van der Waals surface area (Å²) in [5, 5.41) is 11.1. The van der Waals surface area contributed by atoms with Crippen molar-refractivity contribution in [2.45, 2.75) is 11.0 Å². The molecule has 0 saturated carbocycles. The zero-order valence-electron chi connectivity index (χ0n) is 13.6. The molecule has 24 heavy (non-hydrogen) atoms. The first-order valence-corrected chi connectivity index (χ1v) is 9.66. The molecule has 1 aliphatic heterocycles. The van der Waals surface area contributed by atoms with Gasteiger partial charge in [0.25, 0.3) is 0 Å². The lowest BCUT2D eigenvalue weighted by Crippen LogP contribution is -2.49. The van der Waals surface area contributed by atoms with Gasteiger partial charge in [0.15, 0.2) is 0 Å². The number of benzene rings is 2. The van der Waals surface area contributed by atoms with Crippen LogP contribution in [0.25, 0.3) is 0 Å². The minimum atomic E-state index is -0.304. The quantitative estimate of drug-likeness (QED) is 0.794. The third kappa shape index (κ3) is 4.90. The Kier molecular flexibility index (Phi) is 6.44. The summed E-state index contributed by atoms with van der Waals surface area (Å²) in [7, 11) is 0. The molecule has 1 aliphatic rings. The Morgan fingerprint density at radius 2 is 1.62 bits per heavy atom. The maximum Gasteiger partial charge on any atom is 0.0760 e. The van der Waals surface area contributed by atoms with Gasteiger partial charge in [-0.25, -0.2) is 0 Å². The largest absolute Gasteiger partial charge is 0.391 e. The summed E-state index contributed by atoms with van der Waals surface area (Å²) in [5.74, 6) is 0.731. The number of nitrogens with zero attached hydrogens (tertiary/aromatic N) is 2. The number of aliphatic hydroxyl groups excluding tert-OH is 1. The van der Waals surface area contributed by atoms with Gasteiger partial charge in [-0.1, -0.05) is 41.9 Å². The summed E-state index contributed by atoms with van der Waals surface area (Å²) in [6.07, 6.45) is -0.304. The molecule has 3 nitrogen and oxygen atoms in total. The van der Waals surface area contributed by atoms with Crippen LogP contribution in [-0.4, -0.2) is 54.6 Å². The molecule has 0 aliphatic carbocycles. The van der Waals surface area contributed by atoms with E-state index in [0.717, 1.165) is 49.2 Å². The van der Waals surface area contributed by atoms with E-state index in [1.54, 1.807) is 11.8 Å². The smallest absolute Gasteiger partial charge is 0.0760 e. The Morgan fingerprint density at radius 1 is 0.958 bits per heavy atom. The fraction of sp³-hybridized carbons (Fsp3) is 0.368. The van der Waals surface area contributed by atoms with E-state index in [2.05, 4.69) is 28.0 Å². The number of anilines is 1. The number of piperazine rings is 1. The van der Waals surface area contributed by atoms with Gasteiger partial charge in [0, 0.05) is 43.4 Å². The van der Waals surface area contributed by atoms with Gasteiger partial charge in [0.05, 0.1) is 16.8 Å². The van der Waals surface area contributed by atoms with Gasteiger partial charge in [0.2, 0.25) is 0 Å². The summed E-state index contributed by atoms with van der Waals surface area (Å²) in [6.45, 7) is 4.54. The van der Waals surface area contributed by atoms with Gasteiger partial charge in [-0.3, -0.25) is 4.90 Å². The summed E-state index contributed by atoms with van der Waals surface area (Å²) in [4.78, 5) is 5.87. The van der Waals surface area contributed by atoms with Crippen LogP contribution in [0.3, 0.4) is 0 Å². The van der Waals surface area contributed by atoms with Gasteiger partial charge >= 0.3 is 0 Å². The Hall–Kier alpha value is -1.20. The number of para-hydroxylation sites is 1. The molecular weight excluding hydrogens is 340 g/mol. The standard InChI is InChI=1S/C19H23ClN2OS/c20-18-8-4-5-9-19(18)22-12-10-21(11-13-22)14-16(23)15-24-17-6-2-1-3-7-17/h1-9,16,23H,10-15H2/t16-/m0/s1. The lowest BCUT2D eigenvalue weighted by molar-refractivity contribution is 0.126. The third-order valence-corrected chi connectivity index (χ3v) is 5.70. The molecule has 0 spiro atoms. The molecule has 1 atom stereocenters. The minimum absolute atomic E-state index is 0.304. The Labute approximate surface area is 153 Å². The fourth-order valence-electron chi connectivity index (χ4n) is 2.94. The van der Waals surface area contributed by atoms with Crippen molar-refractivity contribution in [1.82, 2.24) is 4.90 Å². The molecule has 2 aromatic carbocycles. The maximum atomic E-state index is 10.3. The molecule has 1 N–H and O–H groups in total. The van der Waals surface area contributed by atoms with E-state index in [-0.39, 0.29) is 6.10 Å². The highest BCUT2D eigenvalue weighted by molar-refractivity contribution is 7.99. The van der Waals surface area contributed by atoms with E-state index in [9.17, 15) is 5.11 Å². The van der Waals surface area contributed by atoms with Crippen molar-refractivity contribution >= 4 is 29.1 Å². The van der Waals surface area contributed by atoms with Crippen molar-refractivity contribution in [3.63, 3.8) is 0 Å². The molecule has 128 valence electrons. The number of β-amino-alcohol motifs (C(OH)–C–C–N with tert-alkyl or cyclic N) is 1. The van der Waals surface area contributed by atoms with E-state index in [0.29, 0.717) is 0 Å². The van der Waals surface area contributed by atoms with Crippen LogP contribution in [0.4, 0.5) is 5.69 Å². The molecule has 0 amide bonds. The summed E-state index contributed by atoms with van der Waals surface area (Å²) >= 11 is 7.99. The Morgan fingerprint density at radius 3 is 2.33 bits per heavy atom. The zero-order valence-corrected chi connectivity index (χ0v) is 15.2. The molecule has 5 heteroatoms. The number of halogens is 1. The zero-order chi connectivity index (χ0) is 16.8. The first kappa shape index (κ1) is 17.6. The molecule has 1 fully saturated rings. The normalized spacial score (nSPS) is 17.0. The van der Waals surface area contributed by atoms with Gasteiger partial charge in [-0.05, 0) is 24.3 Å². The van der Waals surface area contributed by atoms with Crippen LogP contribution in [0, 0.1) is 0 Å². The average molecular weight is 363 g/mol. The third-order valence-electron chi connectivity index (χ3n) is 4.22. The van der Waals surface area contributed by atoms with Crippen molar-refractivity contribution in [2.24, 2.45) is 0 Å². The Bertz CT molecular complexity index is 632. The van der Waals surface area contributed by atoms with E-state index >= 15 is 0 Å².